The number of carboxylic acids is 1. The summed E-state index contributed by atoms with van der Waals surface area (Å²) < 4.78 is 0. The first-order chi connectivity index (χ1) is 15.0. The van der Waals surface area contributed by atoms with Gasteiger partial charge in [0.1, 0.15) is 0 Å². The Hall–Kier alpha value is -4.32. The molecule has 0 saturated heterocycles. The molecule has 1 amide bonds. The van der Waals surface area contributed by atoms with Crippen molar-refractivity contribution in [2.75, 3.05) is 0 Å². The number of rotatable bonds is 5. The van der Waals surface area contributed by atoms with Crippen LogP contribution in [0.1, 0.15) is 31.8 Å². The van der Waals surface area contributed by atoms with Gasteiger partial charge in [0.15, 0.2) is 0 Å². The summed E-state index contributed by atoms with van der Waals surface area (Å²) in [5.74, 6) is -1.61. The van der Waals surface area contributed by atoms with Crippen LogP contribution in [0.15, 0.2) is 84.0 Å². The Morgan fingerprint density at radius 1 is 0.968 bits per heavy atom. The number of hydrogen-bond acceptors (Lipinski definition) is 5. The molecule has 0 fully saturated rings. The van der Waals surface area contributed by atoms with Gasteiger partial charge in [0.2, 0.25) is 0 Å². The zero-order valence-corrected chi connectivity index (χ0v) is 16.7. The van der Waals surface area contributed by atoms with Gasteiger partial charge >= 0.3 is 0 Å². The number of carbonyl (C=O) groups is 2. The Morgan fingerprint density at radius 2 is 1.68 bits per heavy atom. The number of nitrogens with one attached hydrogen (secondary N) is 1. The zero-order valence-electron chi connectivity index (χ0n) is 16.7. The Morgan fingerprint density at radius 3 is 2.39 bits per heavy atom. The van der Waals surface area contributed by atoms with Gasteiger partial charge in [0.25, 0.3) is 5.91 Å². The molecule has 3 aromatic carbocycles. The maximum Gasteiger partial charge on any atom is 0.272 e. The largest absolute Gasteiger partial charge is 0.545 e. The molecule has 0 aliphatic carbocycles. The van der Waals surface area contributed by atoms with E-state index in [1.165, 1.54) is 18.3 Å². The van der Waals surface area contributed by atoms with Gasteiger partial charge in [0, 0.05) is 10.9 Å². The molecule has 4 rings (SSSR count). The lowest BCUT2D eigenvalue weighted by Gasteiger charge is -2.09. The van der Waals surface area contributed by atoms with Crippen molar-refractivity contribution >= 4 is 29.0 Å². The first-order valence-corrected chi connectivity index (χ1v) is 9.63. The quantitative estimate of drug-likeness (QED) is 0.405. The number of pyridine rings is 1. The molecule has 0 unspecified atom stereocenters. The van der Waals surface area contributed by atoms with Gasteiger partial charge in [0.05, 0.1) is 29.0 Å². The number of para-hydroxylation sites is 1. The van der Waals surface area contributed by atoms with Crippen molar-refractivity contribution in [1.29, 1.82) is 0 Å². The Bertz CT molecular complexity index is 1290. The molecule has 1 N–H and O–H groups in total. The van der Waals surface area contributed by atoms with Crippen LogP contribution in [0.2, 0.25) is 0 Å². The van der Waals surface area contributed by atoms with Crippen molar-refractivity contribution in [1.82, 2.24) is 10.4 Å². The maximum atomic E-state index is 12.9. The summed E-state index contributed by atoms with van der Waals surface area (Å²) in [5.41, 5.74) is 7.20. The summed E-state index contributed by atoms with van der Waals surface area (Å²) in [5, 5.41) is 15.6. The lowest BCUT2D eigenvalue weighted by atomic mass is 10.0. The van der Waals surface area contributed by atoms with E-state index in [1.54, 1.807) is 18.2 Å². The van der Waals surface area contributed by atoms with Crippen LogP contribution in [0.4, 0.5) is 0 Å². The van der Waals surface area contributed by atoms with Gasteiger partial charge in [-0.3, -0.25) is 4.79 Å². The van der Waals surface area contributed by atoms with Gasteiger partial charge in [-0.2, -0.15) is 5.10 Å². The minimum absolute atomic E-state index is 0.0769. The summed E-state index contributed by atoms with van der Waals surface area (Å²) in [6.45, 7) is 2.01. The van der Waals surface area contributed by atoms with Crippen LogP contribution in [0.5, 0.6) is 0 Å². The summed E-state index contributed by atoms with van der Waals surface area (Å²) in [7, 11) is 0. The number of carbonyl (C=O) groups excluding carboxylic acids is 2. The average Bonchev–Trinajstić information content (AvgIpc) is 2.79. The highest BCUT2D eigenvalue weighted by Crippen LogP contribution is 2.25. The van der Waals surface area contributed by atoms with Crippen LogP contribution in [-0.2, 0) is 0 Å². The smallest absolute Gasteiger partial charge is 0.272 e. The third kappa shape index (κ3) is 4.48. The fraction of sp³-hybridized carbons (Fsp3) is 0.0400. The monoisotopic (exact) mass is 408 g/mol. The molecule has 6 nitrogen and oxygen atoms in total. The molecule has 4 aromatic rings. The predicted octanol–water partition coefficient (Wildman–Crippen LogP) is 3.34. The Labute approximate surface area is 178 Å². The highest BCUT2D eigenvalue weighted by Gasteiger charge is 2.13. The molecule has 0 radical (unpaired) electrons. The second-order valence-corrected chi connectivity index (χ2v) is 7.05. The van der Waals surface area contributed by atoms with E-state index in [0.717, 1.165) is 16.5 Å². The first kappa shape index (κ1) is 20.0. The van der Waals surface area contributed by atoms with Crippen molar-refractivity contribution in [2.24, 2.45) is 5.10 Å². The van der Waals surface area contributed by atoms with Crippen molar-refractivity contribution in [2.45, 2.75) is 6.92 Å². The van der Waals surface area contributed by atoms with Crippen molar-refractivity contribution < 1.29 is 14.7 Å². The molecule has 1 aromatic heterocycles. The number of nitrogens with zero attached hydrogens (tertiary/aromatic N) is 2. The minimum atomic E-state index is -1.24. The van der Waals surface area contributed by atoms with Crippen LogP contribution < -0.4 is 10.5 Å². The second kappa shape index (κ2) is 8.59. The number of carboxylic acid groups (broad SMARTS) is 1. The molecule has 31 heavy (non-hydrogen) atoms. The molecule has 0 aliphatic rings. The molecule has 0 saturated carbocycles. The standard InChI is InChI=1S/C25H19N3O3/c1-16-6-10-18(11-7-16)23-14-21(20-4-2-3-5-22(20)27-23)24(29)28-26-15-17-8-12-19(13-9-17)25(30)31/h2-15H,1H3,(H,28,29)(H,30,31)/p-1/b26-15-. The van der Waals surface area contributed by atoms with E-state index >= 15 is 0 Å². The van der Waals surface area contributed by atoms with E-state index in [4.69, 9.17) is 4.98 Å². The Balaban J connectivity index is 1.62. The highest BCUT2D eigenvalue weighted by molar-refractivity contribution is 6.07. The number of amides is 1. The molecule has 0 spiro atoms. The van der Waals surface area contributed by atoms with Crippen LogP contribution in [0.3, 0.4) is 0 Å². The highest BCUT2D eigenvalue weighted by atomic mass is 16.4. The SMILES string of the molecule is Cc1ccc(-c2cc(C(=O)N/N=C\c3ccc(C(=O)[O-])cc3)c3ccccc3n2)cc1. The third-order valence-corrected chi connectivity index (χ3v) is 4.83. The van der Waals surface area contributed by atoms with Crippen molar-refractivity contribution in [3.63, 3.8) is 0 Å². The lowest BCUT2D eigenvalue weighted by Crippen LogP contribution is -2.22. The normalized spacial score (nSPS) is 11.0. The summed E-state index contributed by atoms with van der Waals surface area (Å²) >= 11 is 0. The number of aromatic nitrogens is 1. The number of aryl methyl sites for hydroxylation is 1. The van der Waals surface area contributed by atoms with E-state index in [-0.39, 0.29) is 11.5 Å². The van der Waals surface area contributed by atoms with E-state index < -0.39 is 5.97 Å². The molecule has 0 atom stereocenters. The van der Waals surface area contributed by atoms with Gasteiger partial charge in [-0.1, -0.05) is 72.3 Å². The number of benzene rings is 3. The van der Waals surface area contributed by atoms with Crippen molar-refractivity contribution in [3.05, 3.63) is 101 Å². The van der Waals surface area contributed by atoms with Gasteiger partial charge in [-0.05, 0) is 30.2 Å². The predicted molar refractivity (Wildman–Crippen MR) is 118 cm³/mol. The van der Waals surface area contributed by atoms with Crippen LogP contribution in [0, 0.1) is 6.92 Å². The van der Waals surface area contributed by atoms with Gasteiger partial charge in [-0.15, -0.1) is 0 Å². The zero-order chi connectivity index (χ0) is 21.8. The molecule has 152 valence electrons. The average molecular weight is 408 g/mol. The molecule has 0 bridgehead atoms. The van der Waals surface area contributed by atoms with E-state index in [2.05, 4.69) is 10.5 Å². The van der Waals surface area contributed by atoms with E-state index in [1.807, 2.05) is 55.5 Å². The third-order valence-electron chi connectivity index (χ3n) is 4.83. The van der Waals surface area contributed by atoms with Crippen molar-refractivity contribution in [3.8, 4) is 11.3 Å². The second-order valence-electron chi connectivity index (χ2n) is 7.05. The summed E-state index contributed by atoms with van der Waals surface area (Å²) in [6, 6.07) is 23.2. The summed E-state index contributed by atoms with van der Waals surface area (Å²) in [4.78, 5) is 28.4. The number of hydrazone groups is 1. The molecule has 1 heterocycles. The van der Waals surface area contributed by atoms with Crippen LogP contribution >= 0.6 is 0 Å². The van der Waals surface area contributed by atoms with Crippen LogP contribution in [0.25, 0.3) is 22.2 Å². The van der Waals surface area contributed by atoms with Crippen LogP contribution in [-0.4, -0.2) is 23.1 Å². The van der Waals surface area contributed by atoms with E-state index in [9.17, 15) is 14.7 Å². The summed E-state index contributed by atoms with van der Waals surface area (Å²) in [6.07, 6.45) is 1.45. The Kier molecular flexibility index (Phi) is 5.53. The number of aromatic carboxylic acids is 1. The topological polar surface area (TPSA) is 94.5 Å². The number of hydrogen-bond donors (Lipinski definition) is 1. The molecular formula is C25H18N3O3-. The maximum absolute atomic E-state index is 12.9. The fourth-order valence-electron chi connectivity index (χ4n) is 3.17. The lowest BCUT2D eigenvalue weighted by molar-refractivity contribution is -0.255. The minimum Gasteiger partial charge on any atom is -0.545 e. The fourth-order valence-corrected chi connectivity index (χ4v) is 3.17. The molecular weight excluding hydrogens is 390 g/mol. The van der Waals surface area contributed by atoms with Gasteiger partial charge in [-0.25, -0.2) is 10.4 Å². The number of fused-ring (bicyclic) bond motifs is 1. The molecule has 0 aliphatic heterocycles. The first-order valence-electron chi connectivity index (χ1n) is 9.63. The van der Waals surface area contributed by atoms with E-state index in [0.29, 0.717) is 22.3 Å². The molecule has 6 heteroatoms. The van der Waals surface area contributed by atoms with Gasteiger partial charge < -0.3 is 9.90 Å².